The van der Waals surface area contributed by atoms with Crippen LogP contribution in [0.3, 0.4) is 0 Å². The monoisotopic (exact) mass is 315 g/mol. The molecule has 0 radical (unpaired) electrons. The Morgan fingerprint density at radius 1 is 1.27 bits per heavy atom. The van der Waals surface area contributed by atoms with E-state index in [4.69, 9.17) is 16.3 Å². The van der Waals surface area contributed by atoms with Crippen molar-refractivity contribution in [1.82, 2.24) is 0 Å². The molecule has 0 aromatic heterocycles. The summed E-state index contributed by atoms with van der Waals surface area (Å²) in [7, 11) is 3.19. The number of phenolic OH excluding ortho intramolecular Hbond substituents is 1. The van der Waals surface area contributed by atoms with E-state index < -0.39 is 0 Å². The number of carbonyl (C=O) groups is 1. The molecule has 0 saturated heterocycles. The minimum Gasteiger partial charge on any atom is -0.503 e. The van der Waals surface area contributed by atoms with Crippen LogP contribution in [0.25, 0.3) is 11.6 Å². The van der Waals surface area contributed by atoms with Gasteiger partial charge in [-0.2, -0.15) is 0 Å². The molecule has 5 heteroatoms. The van der Waals surface area contributed by atoms with Crippen LogP contribution in [0.1, 0.15) is 11.1 Å². The molecule has 3 rings (SSSR count). The van der Waals surface area contributed by atoms with E-state index >= 15 is 0 Å². The minimum atomic E-state index is -0.110. The van der Waals surface area contributed by atoms with Gasteiger partial charge in [-0.25, -0.2) is 0 Å². The van der Waals surface area contributed by atoms with Gasteiger partial charge in [0.15, 0.2) is 11.5 Å². The van der Waals surface area contributed by atoms with Crippen molar-refractivity contribution in [2.24, 2.45) is 0 Å². The van der Waals surface area contributed by atoms with E-state index in [2.05, 4.69) is 0 Å². The summed E-state index contributed by atoms with van der Waals surface area (Å²) >= 11 is 5.99. The van der Waals surface area contributed by atoms with Crippen LogP contribution in [-0.4, -0.2) is 25.2 Å². The van der Waals surface area contributed by atoms with Gasteiger partial charge in [0.25, 0.3) is 5.91 Å². The second-order valence-corrected chi connectivity index (χ2v) is 5.40. The largest absolute Gasteiger partial charge is 0.503 e. The number of hydrogen-bond donors (Lipinski definition) is 1. The number of nitrogens with zero attached hydrogens (tertiary/aromatic N) is 1. The van der Waals surface area contributed by atoms with Gasteiger partial charge in [0, 0.05) is 18.2 Å². The van der Waals surface area contributed by atoms with Crippen molar-refractivity contribution in [2.45, 2.75) is 0 Å². The van der Waals surface area contributed by atoms with Crippen LogP contribution >= 0.6 is 11.6 Å². The first kappa shape index (κ1) is 14.5. The van der Waals surface area contributed by atoms with Crippen molar-refractivity contribution in [3.05, 3.63) is 52.5 Å². The number of fused-ring (bicyclic) bond motifs is 1. The summed E-state index contributed by atoms with van der Waals surface area (Å²) < 4.78 is 5.09. The number of methoxy groups -OCH3 is 1. The predicted octanol–water partition coefficient (Wildman–Crippen LogP) is 3.57. The normalized spacial score (nSPS) is 15.3. The molecule has 112 valence electrons. The van der Waals surface area contributed by atoms with Crippen LogP contribution in [0, 0.1) is 0 Å². The lowest BCUT2D eigenvalue weighted by molar-refractivity contribution is -0.112. The van der Waals surface area contributed by atoms with Crippen molar-refractivity contribution in [3.8, 4) is 11.5 Å². The molecule has 1 N–H and O–H groups in total. The van der Waals surface area contributed by atoms with E-state index in [1.54, 1.807) is 30.2 Å². The number of amides is 1. The van der Waals surface area contributed by atoms with Gasteiger partial charge in [-0.05, 0) is 29.8 Å². The van der Waals surface area contributed by atoms with Gasteiger partial charge in [-0.15, -0.1) is 0 Å². The van der Waals surface area contributed by atoms with E-state index in [1.165, 1.54) is 7.11 Å². The predicted molar refractivity (Wildman–Crippen MR) is 87.4 cm³/mol. The number of carbonyl (C=O) groups excluding carboxylic acids is 1. The van der Waals surface area contributed by atoms with E-state index in [9.17, 15) is 9.90 Å². The van der Waals surface area contributed by atoms with E-state index in [1.807, 2.05) is 24.3 Å². The van der Waals surface area contributed by atoms with Crippen LogP contribution < -0.4 is 9.64 Å². The molecule has 0 unspecified atom stereocenters. The highest BCUT2D eigenvalue weighted by molar-refractivity contribution is 6.36. The molecule has 1 aliphatic heterocycles. The lowest BCUT2D eigenvalue weighted by atomic mass is 10.0. The molecule has 22 heavy (non-hydrogen) atoms. The maximum atomic E-state index is 12.4. The third kappa shape index (κ3) is 2.22. The van der Waals surface area contributed by atoms with Crippen molar-refractivity contribution in [2.75, 3.05) is 19.1 Å². The number of phenols is 1. The zero-order chi connectivity index (χ0) is 15.9. The number of aromatic hydroxyl groups is 1. The lowest BCUT2D eigenvalue weighted by Gasteiger charge is -2.08. The van der Waals surface area contributed by atoms with Crippen molar-refractivity contribution < 1.29 is 14.6 Å². The highest BCUT2D eigenvalue weighted by Gasteiger charge is 2.29. The number of benzene rings is 2. The van der Waals surface area contributed by atoms with Gasteiger partial charge in [-0.3, -0.25) is 4.79 Å². The highest BCUT2D eigenvalue weighted by Crippen LogP contribution is 2.39. The smallest absolute Gasteiger partial charge is 0.258 e. The summed E-state index contributed by atoms with van der Waals surface area (Å²) in [6.07, 6.45) is 1.75. The number of ether oxygens (including phenoxy) is 1. The van der Waals surface area contributed by atoms with Gasteiger partial charge in [-0.1, -0.05) is 29.8 Å². The summed E-state index contributed by atoms with van der Waals surface area (Å²) in [4.78, 5) is 14.0. The number of hydrogen-bond acceptors (Lipinski definition) is 3. The molecule has 1 heterocycles. The highest BCUT2D eigenvalue weighted by atomic mass is 35.5. The SMILES string of the molecule is COc1cc(/C=C2/C(=O)N(C)c3ccccc32)cc(Cl)c1O. The topological polar surface area (TPSA) is 49.8 Å². The molecule has 0 saturated carbocycles. The molecule has 2 aromatic rings. The van der Waals surface area contributed by atoms with Crippen LogP contribution in [-0.2, 0) is 4.79 Å². The average Bonchev–Trinajstić information content (AvgIpc) is 2.76. The summed E-state index contributed by atoms with van der Waals surface area (Å²) in [5, 5.41) is 9.96. The van der Waals surface area contributed by atoms with Gasteiger partial charge < -0.3 is 14.7 Å². The Morgan fingerprint density at radius 3 is 2.73 bits per heavy atom. The molecule has 0 spiro atoms. The summed E-state index contributed by atoms with van der Waals surface area (Å²) in [5.41, 5.74) is 3.02. The molecule has 4 nitrogen and oxygen atoms in total. The molecule has 0 fully saturated rings. The van der Waals surface area contributed by atoms with Crippen LogP contribution in [0.2, 0.25) is 5.02 Å². The van der Waals surface area contributed by atoms with Gasteiger partial charge in [0.1, 0.15) is 0 Å². The molecule has 1 amide bonds. The molecule has 1 aliphatic rings. The minimum absolute atomic E-state index is 0.0793. The zero-order valence-electron chi connectivity index (χ0n) is 12.1. The van der Waals surface area contributed by atoms with E-state index in [0.29, 0.717) is 11.1 Å². The fourth-order valence-corrected chi connectivity index (χ4v) is 2.76. The molecular weight excluding hydrogens is 302 g/mol. The summed E-state index contributed by atoms with van der Waals surface area (Å²) in [6.45, 7) is 0. The van der Waals surface area contributed by atoms with E-state index in [-0.39, 0.29) is 22.4 Å². The second kappa shape index (κ2) is 5.39. The van der Waals surface area contributed by atoms with Crippen molar-refractivity contribution in [3.63, 3.8) is 0 Å². The van der Waals surface area contributed by atoms with Crippen LogP contribution in [0.5, 0.6) is 11.5 Å². The first-order valence-corrected chi connectivity index (χ1v) is 7.06. The number of rotatable bonds is 2. The van der Waals surface area contributed by atoms with Crippen molar-refractivity contribution in [1.29, 1.82) is 0 Å². The van der Waals surface area contributed by atoms with Crippen LogP contribution in [0.15, 0.2) is 36.4 Å². The quantitative estimate of drug-likeness (QED) is 0.862. The maximum Gasteiger partial charge on any atom is 0.258 e. The Kier molecular flexibility index (Phi) is 3.54. The fraction of sp³-hybridized carbons (Fsp3) is 0.118. The third-order valence-electron chi connectivity index (χ3n) is 3.67. The molecule has 0 aliphatic carbocycles. The average molecular weight is 316 g/mol. The molecule has 2 aromatic carbocycles. The number of para-hydroxylation sites is 1. The Balaban J connectivity index is 2.14. The van der Waals surface area contributed by atoms with Gasteiger partial charge >= 0.3 is 0 Å². The maximum absolute atomic E-state index is 12.4. The number of likely N-dealkylation sites (N-methyl/N-ethyl adjacent to an activating group) is 1. The number of anilines is 1. The molecular formula is C17H14ClNO3. The Bertz CT molecular complexity index is 798. The van der Waals surface area contributed by atoms with Gasteiger partial charge in [0.2, 0.25) is 0 Å². The number of halogens is 1. The summed E-state index contributed by atoms with van der Waals surface area (Å²) in [5.74, 6) is 0.0809. The Labute approximate surface area is 133 Å². The standard InChI is InChI=1S/C17H14ClNO3/c1-19-14-6-4-3-5-11(14)12(17(19)21)7-10-8-13(18)16(20)15(9-10)22-2/h3-9,20H,1-2H3/b12-7+. The molecule has 0 bridgehead atoms. The fourth-order valence-electron chi connectivity index (χ4n) is 2.54. The third-order valence-corrected chi connectivity index (χ3v) is 3.96. The molecule has 0 atom stereocenters. The second-order valence-electron chi connectivity index (χ2n) is 4.99. The summed E-state index contributed by atoms with van der Waals surface area (Å²) in [6, 6.07) is 10.8. The van der Waals surface area contributed by atoms with E-state index in [0.717, 1.165) is 11.3 Å². The lowest BCUT2D eigenvalue weighted by Crippen LogP contribution is -2.20. The Morgan fingerprint density at radius 2 is 2.00 bits per heavy atom. The first-order valence-electron chi connectivity index (χ1n) is 6.68. The zero-order valence-corrected chi connectivity index (χ0v) is 12.9. The first-order chi connectivity index (χ1) is 10.5. The van der Waals surface area contributed by atoms with Crippen molar-refractivity contribution >= 4 is 34.8 Å². The van der Waals surface area contributed by atoms with Gasteiger partial charge in [0.05, 0.1) is 17.8 Å². The Hall–Kier alpha value is -2.46. The van der Waals surface area contributed by atoms with Crippen LogP contribution in [0.4, 0.5) is 5.69 Å².